The number of benzene rings is 1. The number of hydrogen-bond acceptors (Lipinski definition) is 5. The maximum atomic E-state index is 12.6. The first kappa shape index (κ1) is 17.8. The molecular weight excluding hydrogens is 407 g/mol. The zero-order valence-corrected chi connectivity index (χ0v) is 15.8. The number of amides is 2. The molecule has 0 aliphatic carbocycles. The SMILES string of the molecule is O=C1Nc2cccnc2Sc2ccc(NC(=O)c3ccc(Cl)nc3Cl)cc21. The summed E-state index contributed by atoms with van der Waals surface area (Å²) in [6, 6.07) is 11.6. The second kappa shape index (κ2) is 7.19. The van der Waals surface area contributed by atoms with E-state index in [-0.39, 0.29) is 21.8 Å². The largest absolute Gasteiger partial charge is 0.322 e. The lowest BCUT2D eigenvalue weighted by atomic mass is 10.1. The highest BCUT2D eigenvalue weighted by atomic mass is 35.5. The Balaban J connectivity index is 1.63. The molecule has 0 saturated carbocycles. The van der Waals surface area contributed by atoms with Crippen LogP contribution in [0.4, 0.5) is 11.4 Å². The fraction of sp³-hybridized carbons (Fsp3) is 0. The molecule has 0 spiro atoms. The number of aromatic nitrogens is 2. The number of halogens is 2. The Morgan fingerprint density at radius 2 is 2.00 bits per heavy atom. The van der Waals surface area contributed by atoms with Gasteiger partial charge < -0.3 is 10.6 Å². The van der Waals surface area contributed by atoms with Gasteiger partial charge in [0.25, 0.3) is 11.8 Å². The molecule has 4 rings (SSSR count). The summed E-state index contributed by atoms with van der Waals surface area (Å²) in [5, 5.41) is 6.46. The van der Waals surface area contributed by atoms with Gasteiger partial charge in [-0.3, -0.25) is 9.59 Å². The van der Waals surface area contributed by atoms with E-state index in [0.29, 0.717) is 22.0 Å². The van der Waals surface area contributed by atoms with Gasteiger partial charge in [-0.1, -0.05) is 35.0 Å². The average Bonchev–Trinajstić information content (AvgIpc) is 2.77. The van der Waals surface area contributed by atoms with Crippen LogP contribution in [0.2, 0.25) is 10.3 Å². The van der Waals surface area contributed by atoms with Crippen molar-refractivity contribution in [3.8, 4) is 0 Å². The van der Waals surface area contributed by atoms with Gasteiger partial charge in [-0.15, -0.1) is 0 Å². The molecule has 0 bridgehead atoms. The second-order valence-corrected chi connectivity index (χ2v) is 7.33. The molecule has 2 amide bonds. The van der Waals surface area contributed by atoms with E-state index in [2.05, 4.69) is 20.6 Å². The minimum atomic E-state index is -0.448. The maximum absolute atomic E-state index is 12.6. The molecule has 0 atom stereocenters. The van der Waals surface area contributed by atoms with Crippen LogP contribution in [0.15, 0.2) is 58.6 Å². The molecule has 0 unspecified atom stereocenters. The van der Waals surface area contributed by atoms with Crippen LogP contribution in [0.3, 0.4) is 0 Å². The van der Waals surface area contributed by atoms with E-state index in [1.807, 2.05) is 0 Å². The standard InChI is InChI=1S/C18H10Cl2N4O2S/c19-14-6-4-10(15(20)24-14)16(25)22-9-3-5-13-11(8-9)17(26)23-12-2-1-7-21-18(12)27-13/h1-8H,(H,22,25)(H,23,26). The van der Waals surface area contributed by atoms with Crippen molar-refractivity contribution >= 4 is 58.2 Å². The second-order valence-electron chi connectivity index (χ2n) is 5.55. The quantitative estimate of drug-likeness (QED) is 0.588. The van der Waals surface area contributed by atoms with Crippen molar-refractivity contribution in [1.29, 1.82) is 0 Å². The predicted molar refractivity (Wildman–Crippen MR) is 105 cm³/mol. The van der Waals surface area contributed by atoms with Gasteiger partial charge in [0.15, 0.2) is 0 Å². The molecule has 2 aromatic heterocycles. The number of fused-ring (bicyclic) bond motifs is 2. The fourth-order valence-electron chi connectivity index (χ4n) is 2.52. The monoisotopic (exact) mass is 416 g/mol. The Bertz CT molecular complexity index is 1090. The molecule has 1 aromatic carbocycles. The number of anilines is 2. The molecule has 0 saturated heterocycles. The molecule has 3 aromatic rings. The number of rotatable bonds is 2. The third-order valence-electron chi connectivity index (χ3n) is 3.77. The molecule has 6 nitrogen and oxygen atoms in total. The summed E-state index contributed by atoms with van der Waals surface area (Å²) >= 11 is 13.1. The number of nitrogens with zero attached hydrogens (tertiary/aromatic N) is 2. The Kier molecular flexibility index (Phi) is 4.73. The van der Waals surface area contributed by atoms with Gasteiger partial charge >= 0.3 is 0 Å². The Hall–Kier alpha value is -2.61. The van der Waals surface area contributed by atoms with Crippen molar-refractivity contribution in [1.82, 2.24) is 9.97 Å². The summed E-state index contributed by atoms with van der Waals surface area (Å²) in [7, 11) is 0. The van der Waals surface area contributed by atoms with Crippen LogP contribution in [-0.2, 0) is 0 Å². The molecule has 0 radical (unpaired) electrons. The van der Waals surface area contributed by atoms with E-state index in [1.165, 1.54) is 23.9 Å². The number of carbonyl (C=O) groups excluding carboxylic acids is 2. The van der Waals surface area contributed by atoms with Crippen molar-refractivity contribution in [2.45, 2.75) is 9.92 Å². The van der Waals surface area contributed by atoms with E-state index in [1.54, 1.807) is 36.5 Å². The summed E-state index contributed by atoms with van der Waals surface area (Å²) in [5.41, 5.74) is 1.73. The van der Waals surface area contributed by atoms with Crippen molar-refractivity contribution in [2.75, 3.05) is 10.6 Å². The van der Waals surface area contributed by atoms with Gasteiger partial charge in [-0.2, -0.15) is 0 Å². The molecule has 9 heteroatoms. The highest BCUT2D eigenvalue weighted by Gasteiger charge is 2.21. The lowest BCUT2D eigenvalue weighted by molar-refractivity contribution is 0.101. The third kappa shape index (κ3) is 3.62. The van der Waals surface area contributed by atoms with Crippen molar-refractivity contribution < 1.29 is 9.59 Å². The first-order valence-electron chi connectivity index (χ1n) is 7.73. The lowest BCUT2D eigenvalue weighted by Crippen LogP contribution is -2.15. The number of carbonyl (C=O) groups is 2. The van der Waals surface area contributed by atoms with Crippen LogP contribution >= 0.6 is 35.0 Å². The highest BCUT2D eigenvalue weighted by molar-refractivity contribution is 7.99. The van der Waals surface area contributed by atoms with Gasteiger partial charge in [0.2, 0.25) is 0 Å². The van der Waals surface area contributed by atoms with E-state index < -0.39 is 5.91 Å². The summed E-state index contributed by atoms with van der Waals surface area (Å²) in [4.78, 5) is 33.9. The molecule has 3 heterocycles. The fourth-order valence-corrected chi connectivity index (χ4v) is 3.89. The topological polar surface area (TPSA) is 84.0 Å². The molecule has 134 valence electrons. The molecule has 1 aliphatic rings. The summed E-state index contributed by atoms with van der Waals surface area (Å²) < 4.78 is 0. The van der Waals surface area contributed by atoms with Gasteiger partial charge in [-0.05, 0) is 42.5 Å². The van der Waals surface area contributed by atoms with Gasteiger partial charge in [0.05, 0.1) is 16.8 Å². The van der Waals surface area contributed by atoms with E-state index in [4.69, 9.17) is 23.2 Å². The zero-order chi connectivity index (χ0) is 19.0. The van der Waals surface area contributed by atoms with Crippen LogP contribution < -0.4 is 10.6 Å². The Morgan fingerprint density at radius 1 is 1.15 bits per heavy atom. The molecule has 27 heavy (non-hydrogen) atoms. The molecule has 2 N–H and O–H groups in total. The Labute approximate surface area is 168 Å². The normalized spacial score (nSPS) is 12.4. The zero-order valence-electron chi connectivity index (χ0n) is 13.5. The number of hydrogen-bond donors (Lipinski definition) is 2. The Morgan fingerprint density at radius 3 is 2.81 bits per heavy atom. The lowest BCUT2D eigenvalue weighted by Gasteiger charge is -2.10. The number of pyridine rings is 2. The third-order valence-corrected chi connectivity index (χ3v) is 5.36. The first-order chi connectivity index (χ1) is 13.0. The van der Waals surface area contributed by atoms with Crippen LogP contribution in [0.1, 0.15) is 20.7 Å². The van der Waals surface area contributed by atoms with Crippen molar-refractivity contribution in [2.24, 2.45) is 0 Å². The van der Waals surface area contributed by atoms with E-state index >= 15 is 0 Å². The van der Waals surface area contributed by atoms with Crippen LogP contribution in [-0.4, -0.2) is 21.8 Å². The number of nitrogens with one attached hydrogen (secondary N) is 2. The van der Waals surface area contributed by atoms with Crippen LogP contribution in [0.25, 0.3) is 0 Å². The van der Waals surface area contributed by atoms with Crippen LogP contribution in [0.5, 0.6) is 0 Å². The summed E-state index contributed by atoms with van der Waals surface area (Å²) in [5.74, 6) is -0.720. The van der Waals surface area contributed by atoms with Crippen LogP contribution in [0, 0.1) is 0 Å². The minimum Gasteiger partial charge on any atom is -0.322 e. The van der Waals surface area contributed by atoms with Crippen molar-refractivity contribution in [3.63, 3.8) is 0 Å². The molecule has 0 fully saturated rings. The summed E-state index contributed by atoms with van der Waals surface area (Å²) in [6.07, 6.45) is 1.67. The van der Waals surface area contributed by atoms with E-state index in [0.717, 1.165) is 4.90 Å². The molecular formula is C18H10Cl2N4O2S. The molecule has 1 aliphatic heterocycles. The van der Waals surface area contributed by atoms with Gasteiger partial charge in [0, 0.05) is 16.8 Å². The highest BCUT2D eigenvalue weighted by Crippen LogP contribution is 2.38. The minimum absolute atomic E-state index is 0.00424. The summed E-state index contributed by atoms with van der Waals surface area (Å²) in [6.45, 7) is 0. The van der Waals surface area contributed by atoms with Gasteiger partial charge in [-0.25, -0.2) is 9.97 Å². The van der Waals surface area contributed by atoms with Gasteiger partial charge in [0.1, 0.15) is 15.3 Å². The smallest absolute Gasteiger partial charge is 0.258 e. The average molecular weight is 417 g/mol. The maximum Gasteiger partial charge on any atom is 0.258 e. The first-order valence-corrected chi connectivity index (χ1v) is 9.30. The predicted octanol–water partition coefficient (Wildman–Crippen LogP) is 4.75. The van der Waals surface area contributed by atoms with E-state index in [9.17, 15) is 9.59 Å². The van der Waals surface area contributed by atoms with Crippen molar-refractivity contribution in [3.05, 3.63) is 70.1 Å².